The summed E-state index contributed by atoms with van der Waals surface area (Å²) in [5.41, 5.74) is 5.05. The van der Waals surface area contributed by atoms with Crippen molar-refractivity contribution >= 4 is 17.7 Å². The summed E-state index contributed by atoms with van der Waals surface area (Å²) >= 11 is 0. The summed E-state index contributed by atoms with van der Waals surface area (Å²) in [4.78, 5) is 37.9. The molecular weight excluding hydrogens is 434 g/mol. The second-order valence-electron chi connectivity index (χ2n) is 9.24. The third kappa shape index (κ3) is 5.05. The van der Waals surface area contributed by atoms with Crippen LogP contribution in [0.2, 0.25) is 0 Å². The number of benzene rings is 2. The first kappa shape index (κ1) is 24.1. The lowest BCUT2D eigenvalue weighted by Gasteiger charge is -2.25. The first-order chi connectivity index (χ1) is 16.3. The Balaban J connectivity index is 1.47. The molecule has 1 unspecified atom stereocenters. The summed E-state index contributed by atoms with van der Waals surface area (Å²) in [6, 6.07) is 14.6. The standard InChI is InChI=1S/C27H31NO6/c1-33-27(34-2)14-22(23(15-27)26(31)32)24(29)16-28-25(30)21-13-19-8-7-17-3-5-18(6-4-17)9-11-20(21)12-10-19/h3-6,10,12-13,22-23H,7-9,11,14-16H2,1-2H3,(H,28,30)(H,31,32)/t22?,23-/m1/s1. The Kier molecular flexibility index (Phi) is 7.14. The van der Waals surface area contributed by atoms with Gasteiger partial charge in [-0.3, -0.25) is 14.4 Å². The maximum Gasteiger partial charge on any atom is 0.307 e. The maximum atomic E-state index is 13.1. The van der Waals surface area contributed by atoms with Crippen LogP contribution in [0, 0.1) is 11.8 Å². The largest absolute Gasteiger partial charge is 0.481 e. The minimum absolute atomic E-state index is 0.0899. The van der Waals surface area contributed by atoms with Crippen molar-refractivity contribution in [1.29, 1.82) is 0 Å². The Labute approximate surface area is 199 Å². The number of hydrogen-bond donors (Lipinski definition) is 2. The van der Waals surface area contributed by atoms with Crippen LogP contribution in [0.1, 0.15) is 45.5 Å². The van der Waals surface area contributed by atoms with Crippen molar-refractivity contribution in [2.24, 2.45) is 11.8 Å². The Hall–Kier alpha value is -3.03. The topological polar surface area (TPSA) is 102 Å². The highest BCUT2D eigenvalue weighted by atomic mass is 16.7. The summed E-state index contributed by atoms with van der Waals surface area (Å²) in [6.45, 7) is -0.235. The predicted molar refractivity (Wildman–Crippen MR) is 126 cm³/mol. The number of aryl methyl sites for hydroxylation is 4. The van der Waals surface area contributed by atoms with Crippen LogP contribution in [-0.2, 0) is 44.7 Å². The van der Waals surface area contributed by atoms with Gasteiger partial charge in [0.2, 0.25) is 0 Å². The fourth-order valence-corrected chi connectivity index (χ4v) is 5.09. The highest BCUT2D eigenvalue weighted by molar-refractivity contribution is 5.99. The average molecular weight is 466 g/mol. The lowest BCUT2D eigenvalue weighted by atomic mass is 9.91. The van der Waals surface area contributed by atoms with Crippen molar-refractivity contribution in [2.45, 2.75) is 44.3 Å². The first-order valence-electron chi connectivity index (χ1n) is 11.7. The molecule has 5 aliphatic carbocycles. The number of ketones is 1. The smallest absolute Gasteiger partial charge is 0.307 e. The number of methoxy groups -OCH3 is 2. The highest BCUT2D eigenvalue weighted by Gasteiger charge is 2.51. The Morgan fingerprint density at radius 2 is 1.44 bits per heavy atom. The van der Waals surface area contributed by atoms with Gasteiger partial charge in [-0.2, -0.15) is 0 Å². The molecule has 0 heterocycles. The molecule has 0 radical (unpaired) electrons. The van der Waals surface area contributed by atoms with Gasteiger partial charge in [-0.1, -0.05) is 36.4 Å². The quantitative estimate of drug-likeness (QED) is 0.610. The lowest BCUT2D eigenvalue weighted by Crippen LogP contribution is -2.36. The number of amides is 1. The van der Waals surface area contributed by atoms with Gasteiger partial charge in [0.1, 0.15) is 0 Å². The molecule has 34 heavy (non-hydrogen) atoms. The monoisotopic (exact) mass is 465 g/mol. The lowest BCUT2D eigenvalue weighted by molar-refractivity contribution is -0.204. The molecule has 0 saturated heterocycles. The number of nitrogens with one attached hydrogen (secondary N) is 1. The van der Waals surface area contributed by atoms with Gasteiger partial charge >= 0.3 is 5.97 Å². The van der Waals surface area contributed by atoms with Gasteiger partial charge in [0.25, 0.3) is 5.91 Å². The van der Waals surface area contributed by atoms with E-state index in [9.17, 15) is 19.5 Å². The van der Waals surface area contributed by atoms with E-state index in [0.717, 1.165) is 30.4 Å². The van der Waals surface area contributed by atoms with E-state index in [1.54, 1.807) is 0 Å². The van der Waals surface area contributed by atoms with Crippen molar-refractivity contribution < 1.29 is 29.0 Å². The van der Waals surface area contributed by atoms with Gasteiger partial charge in [-0.05, 0) is 54.0 Å². The summed E-state index contributed by atoms with van der Waals surface area (Å²) in [5.74, 6) is -4.51. The molecule has 7 rings (SSSR count). The molecule has 7 nitrogen and oxygen atoms in total. The average Bonchev–Trinajstić information content (AvgIpc) is 3.25. The number of ether oxygens (including phenoxy) is 2. The number of Topliss-reactive ketones (excluding diaryl/α,β-unsaturated/α-hetero) is 1. The van der Waals surface area contributed by atoms with E-state index in [0.29, 0.717) is 12.0 Å². The van der Waals surface area contributed by atoms with E-state index in [-0.39, 0.29) is 31.1 Å². The van der Waals surface area contributed by atoms with E-state index < -0.39 is 23.6 Å². The van der Waals surface area contributed by atoms with Gasteiger partial charge in [0.15, 0.2) is 11.6 Å². The number of hydrogen-bond acceptors (Lipinski definition) is 5. The molecule has 7 heteroatoms. The van der Waals surface area contributed by atoms with E-state index in [1.165, 1.54) is 25.3 Å². The Morgan fingerprint density at radius 3 is 2.06 bits per heavy atom. The van der Waals surface area contributed by atoms with Crippen LogP contribution in [0.4, 0.5) is 0 Å². The second kappa shape index (κ2) is 10.1. The van der Waals surface area contributed by atoms with Crippen LogP contribution in [0.5, 0.6) is 0 Å². The molecule has 1 fully saturated rings. The van der Waals surface area contributed by atoms with Gasteiger partial charge in [-0.15, -0.1) is 0 Å². The second-order valence-corrected chi connectivity index (χ2v) is 9.24. The minimum Gasteiger partial charge on any atom is -0.481 e. The zero-order valence-electron chi connectivity index (χ0n) is 19.6. The van der Waals surface area contributed by atoms with Crippen LogP contribution in [0.3, 0.4) is 0 Å². The molecule has 180 valence electrons. The summed E-state index contributed by atoms with van der Waals surface area (Å²) in [6.07, 6.45) is 3.47. The zero-order chi connectivity index (χ0) is 24.3. The molecule has 0 spiro atoms. The fourth-order valence-electron chi connectivity index (χ4n) is 5.09. The Morgan fingerprint density at radius 1 is 0.882 bits per heavy atom. The zero-order valence-corrected chi connectivity index (χ0v) is 19.6. The number of carboxylic acid groups (broad SMARTS) is 1. The molecule has 0 aromatic heterocycles. The van der Waals surface area contributed by atoms with Crippen molar-refractivity contribution in [1.82, 2.24) is 5.32 Å². The number of carbonyl (C=O) groups excluding carboxylic acids is 2. The van der Waals surface area contributed by atoms with E-state index >= 15 is 0 Å². The molecule has 2 aromatic rings. The van der Waals surface area contributed by atoms with Gasteiger partial charge in [-0.25, -0.2) is 0 Å². The fraction of sp³-hybridized carbons (Fsp3) is 0.444. The SMILES string of the molecule is COC1(OC)CC(C(=O)CNC(=O)c2cc3ccc2CCc2ccc(cc2)CC3)[C@H](C(=O)O)C1. The third-order valence-electron chi connectivity index (χ3n) is 7.27. The molecule has 2 aromatic carbocycles. The number of carbonyl (C=O) groups is 3. The predicted octanol–water partition coefficient (Wildman–Crippen LogP) is 2.97. The molecule has 0 aliphatic heterocycles. The molecule has 4 bridgehead atoms. The minimum atomic E-state index is -1.10. The van der Waals surface area contributed by atoms with Crippen LogP contribution in [0.15, 0.2) is 42.5 Å². The Bertz CT molecular complexity index is 1070. The number of rotatable bonds is 7. The normalized spacial score (nSPS) is 21.0. The molecule has 1 saturated carbocycles. The van der Waals surface area contributed by atoms with Crippen LogP contribution >= 0.6 is 0 Å². The van der Waals surface area contributed by atoms with Crippen molar-refractivity contribution in [2.75, 3.05) is 20.8 Å². The summed E-state index contributed by atoms with van der Waals surface area (Å²) in [7, 11) is 2.89. The van der Waals surface area contributed by atoms with E-state index in [4.69, 9.17) is 9.47 Å². The van der Waals surface area contributed by atoms with Crippen molar-refractivity contribution in [3.05, 3.63) is 70.3 Å². The molecule has 2 atom stereocenters. The van der Waals surface area contributed by atoms with Gasteiger partial charge in [0, 0.05) is 38.5 Å². The maximum absolute atomic E-state index is 13.1. The molecular formula is C27H31NO6. The number of aliphatic carboxylic acids is 1. The highest BCUT2D eigenvalue weighted by Crippen LogP contribution is 2.42. The molecule has 5 aliphatic rings. The van der Waals surface area contributed by atoms with Crippen LogP contribution < -0.4 is 5.32 Å². The number of carboxylic acids is 1. The van der Waals surface area contributed by atoms with E-state index in [1.807, 2.05) is 12.1 Å². The van der Waals surface area contributed by atoms with E-state index in [2.05, 4.69) is 35.6 Å². The van der Waals surface area contributed by atoms with Crippen molar-refractivity contribution in [3.8, 4) is 0 Å². The first-order valence-corrected chi connectivity index (χ1v) is 11.7. The van der Waals surface area contributed by atoms with Gasteiger partial charge in [0.05, 0.1) is 12.5 Å². The third-order valence-corrected chi connectivity index (χ3v) is 7.27. The van der Waals surface area contributed by atoms with Crippen LogP contribution in [0.25, 0.3) is 0 Å². The molecule has 2 N–H and O–H groups in total. The van der Waals surface area contributed by atoms with Crippen LogP contribution in [-0.4, -0.2) is 49.3 Å². The summed E-state index contributed by atoms with van der Waals surface area (Å²) < 4.78 is 10.8. The van der Waals surface area contributed by atoms with Crippen molar-refractivity contribution in [3.63, 3.8) is 0 Å². The molecule has 1 amide bonds. The van der Waals surface area contributed by atoms with Gasteiger partial charge < -0.3 is 19.9 Å². The summed E-state index contributed by atoms with van der Waals surface area (Å²) in [5, 5.41) is 12.4.